The molecule has 0 saturated heterocycles. The van der Waals surface area contributed by atoms with Crippen LogP contribution in [-0.2, 0) is 0 Å². The highest BCUT2D eigenvalue weighted by atomic mass is 35.5. The highest BCUT2D eigenvalue weighted by molar-refractivity contribution is 6.33. The van der Waals surface area contributed by atoms with Crippen molar-refractivity contribution in [3.8, 4) is 11.6 Å². The zero-order valence-corrected chi connectivity index (χ0v) is 10.7. The van der Waals surface area contributed by atoms with Crippen LogP contribution in [0.1, 0.15) is 16.2 Å². The Hall–Kier alpha value is -2.27. The molecule has 0 atom stereocenters. The summed E-state index contributed by atoms with van der Waals surface area (Å²) in [5.74, 6) is 0.527. The topological polar surface area (TPSA) is 67.7 Å². The van der Waals surface area contributed by atoms with Gasteiger partial charge in [0.05, 0.1) is 5.52 Å². The van der Waals surface area contributed by atoms with Gasteiger partial charge in [0.1, 0.15) is 11.5 Å². The average Bonchev–Trinajstić information content (AvgIpc) is 2.94. The maximum atomic E-state index is 11.3. The van der Waals surface area contributed by atoms with Gasteiger partial charge in [-0.15, -0.1) is 0 Å². The molecular formula is C13H9ClN2O3. The molecule has 0 aliphatic rings. The Balaban J connectivity index is 2.39. The first-order valence-electron chi connectivity index (χ1n) is 5.55. The molecule has 0 fully saturated rings. The summed E-state index contributed by atoms with van der Waals surface area (Å²) in [5.41, 5.74) is 0.617. The molecule has 5 nitrogen and oxygen atoms in total. The van der Waals surface area contributed by atoms with Crippen LogP contribution < -0.4 is 0 Å². The van der Waals surface area contributed by atoms with Crippen molar-refractivity contribution in [2.45, 2.75) is 6.92 Å². The number of carboxylic acids is 1. The number of pyridine rings is 1. The third-order valence-corrected chi connectivity index (χ3v) is 3.08. The van der Waals surface area contributed by atoms with E-state index in [-0.39, 0.29) is 10.8 Å². The first-order chi connectivity index (χ1) is 9.08. The van der Waals surface area contributed by atoms with Gasteiger partial charge >= 0.3 is 5.97 Å². The van der Waals surface area contributed by atoms with Crippen LogP contribution in [0.4, 0.5) is 0 Å². The van der Waals surface area contributed by atoms with Gasteiger partial charge in [-0.2, -0.15) is 0 Å². The number of halogens is 1. The van der Waals surface area contributed by atoms with E-state index in [1.54, 1.807) is 31.2 Å². The summed E-state index contributed by atoms with van der Waals surface area (Å²) in [4.78, 5) is 15.5. The van der Waals surface area contributed by atoms with Crippen LogP contribution in [0.5, 0.6) is 0 Å². The quantitative estimate of drug-likeness (QED) is 0.780. The van der Waals surface area contributed by atoms with Crippen molar-refractivity contribution in [2.24, 2.45) is 0 Å². The fourth-order valence-electron chi connectivity index (χ4n) is 1.99. The van der Waals surface area contributed by atoms with Crippen LogP contribution in [0.15, 0.2) is 34.7 Å². The van der Waals surface area contributed by atoms with Crippen LogP contribution in [0.3, 0.4) is 0 Å². The maximum Gasteiger partial charge on any atom is 0.352 e. The van der Waals surface area contributed by atoms with Gasteiger partial charge in [0.25, 0.3) is 0 Å². The van der Waals surface area contributed by atoms with Crippen LogP contribution in [0.2, 0.25) is 5.15 Å². The number of nitrogens with zero attached hydrogens (tertiary/aromatic N) is 2. The predicted octanol–water partition coefficient (Wildman–Crippen LogP) is 3.25. The molecule has 6 heteroatoms. The number of aryl methyl sites for hydroxylation is 1. The first-order valence-corrected chi connectivity index (χ1v) is 5.93. The van der Waals surface area contributed by atoms with Crippen LogP contribution in [0.25, 0.3) is 17.1 Å². The second-order valence-corrected chi connectivity index (χ2v) is 4.43. The zero-order valence-electron chi connectivity index (χ0n) is 9.92. The molecule has 0 unspecified atom stereocenters. The van der Waals surface area contributed by atoms with Crippen molar-refractivity contribution in [1.82, 2.24) is 9.38 Å². The van der Waals surface area contributed by atoms with Crippen LogP contribution in [-0.4, -0.2) is 20.5 Å². The predicted molar refractivity (Wildman–Crippen MR) is 69.6 cm³/mol. The number of hydrogen-bond donors (Lipinski definition) is 1. The maximum absolute atomic E-state index is 11.3. The summed E-state index contributed by atoms with van der Waals surface area (Å²) >= 11 is 6.04. The van der Waals surface area contributed by atoms with Gasteiger partial charge in [0, 0.05) is 0 Å². The number of aromatic carboxylic acids is 1. The van der Waals surface area contributed by atoms with E-state index in [1.807, 2.05) is 0 Å². The fraction of sp³-hybridized carbons (Fsp3) is 0.0769. The van der Waals surface area contributed by atoms with E-state index in [0.717, 1.165) is 5.76 Å². The molecule has 0 aliphatic heterocycles. The molecule has 0 aromatic carbocycles. The lowest BCUT2D eigenvalue weighted by Crippen LogP contribution is -2.05. The van der Waals surface area contributed by atoms with Gasteiger partial charge in [0.2, 0.25) is 0 Å². The minimum atomic E-state index is -1.05. The summed E-state index contributed by atoms with van der Waals surface area (Å²) in [6.07, 6.45) is 0. The van der Waals surface area contributed by atoms with Crippen molar-refractivity contribution in [1.29, 1.82) is 0 Å². The first kappa shape index (κ1) is 11.8. The second-order valence-electron chi connectivity index (χ2n) is 4.07. The molecule has 3 rings (SSSR count). The van der Waals surface area contributed by atoms with E-state index >= 15 is 0 Å². The summed E-state index contributed by atoms with van der Waals surface area (Å²) in [6, 6.07) is 8.35. The monoisotopic (exact) mass is 276 g/mol. The number of carbonyl (C=O) groups is 1. The van der Waals surface area contributed by atoms with E-state index in [4.69, 9.17) is 16.0 Å². The Bertz CT molecular complexity index is 788. The zero-order chi connectivity index (χ0) is 13.6. The summed E-state index contributed by atoms with van der Waals surface area (Å²) in [6.45, 7) is 1.80. The number of carboxylic acid groups (broad SMARTS) is 1. The smallest absolute Gasteiger partial charge is 0.352 e. The standard InChI is InChI=1S/C13H9ClN2O3/c1-7-5-6-10(19-7)12-15-11(14)8-3-2-4-9(13(17)18)16(8)12/h2-6H,1H3,(H,17,18). The minimum Gasteiger partial charge on any atom is -0.477 e. The molecule has 3 aromatic rings. The molecule has 0 saturated carbocycles. The van der Waals surface area contributed by atoms with Crippen molar-refractivity contribution in [3.63, 3.8) is 0 Å². The lowest BCUT2D eigenvalue weighted by molar-refractivity contribution is 0.0689. The van der Waals surface area contributed by atoms with Gasteiger partial charge in [-0.25, -0.2) is 9.78 Å². The molecule has 0 amide bonds. The summed E-state index contributed by atoms with van der Waals surface area (Å²) in [7, 11) is 0. The Kier molecular flexibility index (Phi) is 2.57. The number of hydrogen-bond acceptors (Lipinski definition) is 3. The van der Waals surface area contributed by atoms with Gasteiger partial charge in [0.15, 0.2) is 16.7 Å². The molecule has 0 spiro atoms. The third kappa shape index (κ3) is 1.79. The van der Waals surface area contributed by atoms with E-state index in [1.165, 1.54) is 10.5 Å². The lowest BCUT2D eigenvalue weighted by Gasteiger charge is -2.03. The van der Waals surface area contributed by atoms with Gasteiger partial charge in [-0.3, -0.25) is 4.40 Å². The minimum absolute atomic E-state index is 0.0842. The Morgan fingerprint density at radius 2 is 2.16 bits per heavy atom. The van der Waals surface area contributed by atoms with E-state index in [2.05, 4.69) is 4.98 Å². The van der Waals surface area contributed by atoms with E-state index in [9.17, 15) is 9.90 Å². The van der Waals surface area contributed by atoms with E-state index in [0.29, 0.717) is 17.1 Å². The molecular weight excluding hydrogens is 268 g/mol. The van der Waals surface area contributed by atoms with Gasteiger partial charge in [-0.05, 0) is 31.2 Å². The molecule has 1 N–H and O–H groups in total. The second kappa shape index (κ2) is 4.13. The highest BCUT2D eigenvalue weighted by Crippen LogP contribution is 2.28. The SMILES string of the molecule is Cc1ccc(-c2nc(Cl)c3cccc(C(=O)O)n23)o1. The number of furan rings is 1. The summed E-state index contributed by atoms with van der Waals surface area (Å²) in [5, 5.41) is 9.49. The van der Waals surface area contributed by atoms with Crippen molar-refractivity contribution >= 4 is 23.1 Å². The molecule has 0 radical (unpaired) electrons. The molecule has 0 aliphatic carbocycles. The molecule has 0 bridgehead atoms. The number of aromatic nitrogens is 2. The number of imidazole rings is 1. The van der Waals surface area contributed by atoms with Gasteiger partial charge in [-0.1, -0.05) is 17.7 Å². The lowest BCUT2D eigenvalue weighted by atomic mass is 10.3. The largest absolute Gasteiger partial charge is 0.477 e. The molecule has 96 valence electrons. The Labute approximate surface area is 113 Å². The van der Waals surface area contributed by atoms with Crippen molar-refractivity contribution < 1.29 is 14.3 Å². The van der Waals surface area contributed by atoms with E-state index < -0.39 is 5.97 Å². The molecule has 3 aromatic heterocycles. The van der Waals surface area contributed by atoms with Gasteiger partial charge < -0.3 is 9.52 Å². The fourth-order valence-corrected chi connectivity index (χ4v) is 2.21. The average molecular weight is 277 g/mol. The van der Waals surface area contributed by atoms with Crippen LogP contribution >= 0.6 is 11.6 Å². The van der Waals surface area contributed by atoms with Crippen molar-refractivity contribution in [2.75, 3.05) is 0 Å². The number of rotatable bonds is 2. The number of fused-ring (bicyclic) bond motifs is 1. The Morgan fingerprint density at radius 3 is 2.79 bits per heavy atom. The van der Waals surface area contributed by atoms with Crippen LogP contribution in [0, 0.1) is 6.92 Å². The molecule has 3 heterocycles. The normalized spacial score (nSPS) is 11.1. The van der Waals surface area contributed by atoms with Crippen molar-refractivity contribution in [3.05, 3.63) is 46.9 Å². The molecule has 19 heavy (non-hydrogen) atoms. The Morgan fingerprint density at radius 1 is 1.37 bits per heavy atom. The highest BCUT2D eigenvalue weighted by Gasteiger charge is 2.19. The third-order valence-electron chi connectivity index (χ3n) is 2.80. The summed E-state index contributed by atoms with van der Waals surface area (Å²) < 4.78 is 6.97.